The molecule has 1 aromatic carbocycles. The maximum absolute atomic E-state index is 13.0. The molecule has 6 nitrogen and oxygen atoms in total. The zero-order valence-electron chi connectivity index (χ0n) is 17.6. The quantitative estimate of drug-likeness (QED) is 0.723. The van der Waals surface area contributed by atoms with E-state index in [9.17, 15) is 13.2 Å². The highest BCUT2D eigenvalue weighted by Gasteiger charge is 2.35. The Labute approximate surface area is 183 Å². The second-order valence-electron chi connectivity index (χ2n) is 8.21. The molecule has 1 amide bonds. The average Bonchev–Trinajstić information content (AvgIpc) is 3.29. The Morgan fingerprint density at radius 2 is 1.70 bits per heavy atom. The molecule has 30 heavy (non-hydrogen) atoms. The zero-order chi connectivity index (χ0) is 21.3. The van der Waals surface area contributed by atoms with Crippen LogP contribution in [0.15, 0.2) is 39.9 Å². The van der Waals surface area contributed by atoms with Crippen LogP contribution in [0, 0.1) is 19.8 Å². The van der Waals surface area contributed by atoms with Gasteiger partial charge in [0.1, 0.15) is 4.21 Å². The number of rotatable bonds is 4. The van der Waals surface area contributed by atoms with Crippen molar-refractivity contribution in [2.75, 3.05) is 44.2 Å². The van der Waals surface area contributed by atoms with Crippen molar-refractivity contribution in [1.82, 2.24) is 9.21 Å². The first-order valence-electron chi connectivity index (χ1n) is 10.5. The van der Waals surface area contributed by atoms with Gasteiger partial charge in [0.2, 0.25) is 5.91 Å². The molecule has 1 aromatic heterocycles. The Balaban J connectivity index is 1.31. The average molecular weight is 448 g/mol. The maximum Gasteiger partial charge on any atom is 0.252 e. The summed E-state index contributed by atoms with van der Waals surface area (Å²) in [4.78, 5) is 17.4. The van der Waals surface area contributed by atoms with Crippen molar-refractivity contribution in [2.45, 2.75) is 30.9 Å². The third kappa shape index (κ3) is 4.26. The topological polar surface area (TPSA) is 60.9 Å². The summed E-state index contributed by atoms with van der Waals surface area (Å²) >= 11 is 1.24. The molecule has 2 aromatic rings. The van der Waals surface area contributed by atoms with Crippen molar-refractivity contribution in [3.8, 4) is 0 Å². The van der Waals surface area contributed by atoms with Gasteiger partial charge in [0.25, 0.3) is 10.0 Å². The van der Waals surface area contributed by atoms with Gasteiger partial charge in [-0.2, -0.15) is 4.31 Å². The van der Waals surface area contributed by atoms with Crippen molar-refractivity contribution in [2.24, 2.45) is 5.92 Å². The molecule has 0 spiro atoms. The fraction of sp³-hybridized carbons (Fsp3) is 0.500. The number of aryl methyl sites for hydroxylation is 2. The summed E-state index contributed by atoms with van der Waals surface area (Å²) in [7, 11) is -3.42. The van der Waals surface area contributed by atoms with Crippen LogP contribution in [0.25, 0.3) is 0 Å². The highest BCUT2D eigenvalue weighted by Crippen LogP contribution is 2.28. The lowest BCUT2D eigenvalue weighted by molar-refractivity contribution is -0.137. The minimum atomic E-state index is -3.42. The Hall–Kier alpha value is -1.90. The summed E-state index contributed by atoms with van der Waals surface area (Å²) in [5.74, 6) is 0.107. The molecular formula is C22H29N3O3S2. The lowest BCUT2D eigenvalue weighted by atomic mass is 9.96. The number of carbonyl (C=O) groups is 1. The lowest BCUT2D eigenvalue weighted by Gasteiger charge is -2.39. The normalized spacial score (nSPS) is 19.3. The largest absolute Gasteiger partial charge is 0.368 e. The van der Waals surface area contributed by atoms with E-state index < -0.39 is 10.0 Å². The molecule has 8 heteroatoms. The molecule has 2 aliphatic heterocycles. The first-order chi connectivity index (χ1) is 14.4. The molecular weight excluding hydrogens is 418 g/mol. The van der Waals surface area contributed by atoms with Crippen LogP contribution in [0.3, 0.4) is 0 Å². The minimum Gasteiger partial charge on any atom is -0.368 e. The summed E-state index contributed by atoms with van der Waals surface area (Å²) < 4.78 is 27.3. The van der Waals surface area contributed by atoms with Crippen LogP contribution in [0.4, 0.5) is 5.69 Å². The Morgan fingerprint density at radius 3 is 2.30 bits per heavy atom. The van der Waals surface area contributed by atoms with Crippen LogP contribution in [0.2, 0.25) is 0 Å². The number of hydrogen-bond donors (Lipinski definition) is 0. The van der Waals surface area contributed by atoms with E-state index in [0.29, 0.717) is 30.1 Å². The smallest absolute Gasteiger partial charge is 0.252 e. The van der Waals surface area contributed by atoms with Gasteiger partial charge in [0.15, 0.2) is 0 Å². The highest BCUT2D eigenvalue weighted by molar-refractivity contribution is 7.91. The predicted molar refractivity (Wildman–Crippen MR) is 121 cm³/mol. The van der Waals surface area contributed by atoms with Crippen molar-refractivity contribution in [1.29, 1.82) is 0 Å². The standard InChI is InChI=1S/C22H29N3O3S2/c1-17-5-6-20(18(2)16-17)23-11-13-24(14-12-23)22(26)19-7-9-25(10-8-19)30(27,28)21-4-3-15-29-21/h3-6,15-16,19H,7-14H2,1-2H3. The van der Waals surface area contributed by atoms with E-state index in [1.807, 2.05) is 4.90 Å². The predicted octanol–water partition coefficient (Wildman–Crippen LogP) is 3.11. The van der Waals surface area contributed by atoms with Gasteiger partial charge >= 0.3 is 0 Å². The Kier molecular flexibility index (Phi) is 6.18. The number of thiophene rings is 1. The third-order valence-corrected chi connectivity index (χ3v) is 9.45. The molecule has 0 aliphatic carbocycles. The van der Waals surface area contributed by atoms with Gasteiger partial charge in [-0.3, -0.25) is 4.79 Å². The number of anilines is 1. The number of hydrogen-bond acceptors (Lipinski definition) is 5. The van der Waals surface area contributed by atoms with E-state index in [4.69, 9.17) is 0 Å². The monoisotopic (exact) mass is 447 g/mol. The summed E-state index contributed by atoms with van der Waals surface area (Å²) in [6, 6.07) is 9.91. The number of carbonyl (C=O) groups excluding carboxylic acids is 1. The number of piperazine rings is 1. The van der Waals surface area contributed by atoms with Gasteiger partial charge in [0, 0.05) is 50.9 Å². The zero-order valence-corrected chi connectivity index (χ0v) is 19.2. The first-order valence-corrected chi connectivity index (χ1v) is 12.8. The van der Waals surface area contributed by atoms with E-state index in [1.54, 1.807) is 17.5 Å². The van der Waals surface area contributed by atoms with Gasteiger partial charge in [-0.15, -0.1) is 11.3 Å². The molecule has 2 aliphatic rings. The Bertz CT molecular complexity index is 989. The molecule has 0 unspecified atom stereocenters. The molecule has 2 saturated heterocycles. The molecule has 4 rings (SSSR count). The van der Waals surface area contributed by atoms with E-state index in [2.05, 4.69) is 36.9 Å². The minimum absolute atomic E-state index is 0.0764. The fourth-order valence-electron chi connectivity index (χ4n) is 4.47. The SMILES string of the molecule is Cc1ccc(N2CCN(C(=O)C3CCN(S(=O)(=O)c4cccs4)CC3)CC2)c(C)c1. The van der Waals surface area contributed by atoms with E-state index in [0.717, 1.165) is 26.2 Å². The van der Waals surface area contributed by atoms with Gasteiger partial charge in [-0.25, -0.2) is 8.42 Å². The Morgan fingerprint density at radius 1 is 1.00 bits per heavy atom. The number of piperidine rings is 1. The van der Waals surface area contributed by atoms with E-state index in [1.165, 1.54) is 32.5 Å². The van der Waals surface area contributed by atoms with Crippen LogP contribution < -0.4 is 4.90 Å². The second-order valence-corrected chi connectivity index (χ2v) is 11.3. The maximum atomic E-state index is 13.0. The van der Waals surface area contributed by atoms with Gasteiger partial charge in [-0.1, -0.05) is 23.8 Å². The van der Waals surface area contributed by atoms with Gasteiger partial charge in [-0.05, 0) is 49.8 Å². The lowest BCUT2D eigenvalue weighted by Crippen LogP contribution is -2.52. The first kappa shape index (κ1) is 21.3. The van der Waals surface area contributed by atoms with Crippen molar-refractivity contribution in [3.63, 3.8) is 0 Å². The van der Waals surface area contributed by atoms with Crippen molar-refractivity contribution in [3.05, 3.63) is 46.8 Å². The van der Waals surface area contributed by atoms with Crippen molar-refractivity contribution >= 4 is 33.0 Å². The molecule has 162 valence electrons. The summed E-state index contributed by atoms with van der Waals surface area (Å²) in [5, 5.41) is 1.78. The summed E-state index contributed by atoms with van der Waals surface area (Å²) in [6.45, 7) is 8.18. The summed E-state index contributed by atoms with van der Waals surface area (Å²) in [5.41, 5.74) is 3.78. The highest BCUT2D eigenvalue weighted by atomic mass is 32.2. The van der Waals surface area contributed by atoms with E-state index >= 15 is 0 Å². The second kappa shape index (κ2) is 8.69. The fourth-order valence-corrected chi connectivity index (χ4v) is 7.08. The van der Waals surface area contributed by atoms with Gasteiger partial charge < -0.3 is 9.80 Å². The van der Waals surface area contributed by atoms with Gasteiger partial charge in [0.05, 0.1) is 0 Å². The number of sulfonamides is 1. The van der Waals surface area contributed by atoms with Crippen LogP contribution in [0.5, 0.6) is 0 Å². The number of nitrogens with zero attached hydrogens (tertiary/aromatic N) is 3. The van der Waals surface area contributed by atoms with E-state index in [-0.39, 0.29) is 11.8 Å². The molecule has 0 atom stereocenters. The van der Waals surface area contributed by atoms with Crippen LogP contribution in [-0.4, -0.2) is 62.8 Å². The van der Waals surface area contributed by atoms with Crippen LogP contribution >= 0.6 is 11.3 Å². The van der Waals surface area contributed by atoms with Crippen molar-refractivity contribution < 1.29 is 13.2 Å². The number of amides is 1. The molecule has 2 fully saturated rings. The molecule has 0 radical (unpaired) electrons. The van der Waals surface area contributed by atoms with Crippen LogP contribution in [-0.2, 0) is 14.8 Å². The molecule has 0 N–H and O–H groups in total. The summed E-state index contributed by atoms with van der Waals surface area (Å²) in [6.07, 6.45) is 1.20. The molecule has 3 heterocycles. The molecule has 0 saturated carbocycles. The number of benzene rings is 1. The third-order valence-electron chi connectivity index (χ3n) is 6.18. The van der Waals surface area contributed by atoms with Crippen LogP contribution in [0.1, 0.15) is 24.0 Å². The molecule has 0 bridgehead atoms.